The van der Waals surface area contributed by atoms with E-state index in [0.717, 1.165) is 120 Å². The molecule has 0 aliphatic carbocycles. The Labute approximate surface area is 588 Å². The first kappa shape index (κ1) is 94.1. The Kier molecular flexibility index (Phi) is 65.0. The highest BCUT2D eigenvalue weighted by atomic mass is 31.2. The monoisotopic (exact) mass is 1410 g/mol. The third-order valence-electron chi connectivity index (χ3n) is 18.2. The van der Waals surface area contributed by atoms with Crippen molar-refractivity contribution in [2.75, 3.05) is 39.6 Å². The molecule has 0 aliphatic heterocycles. The van der Waals surface area contributed by atoms with Crippen LogP contribution in [0, 0.1) is 23.7 Å². The molecule has 0 aromatic carbocycles. The number of carbonyl (C=O) groups is 4. The number of unbranched alkanes of at least 4 members (excludes halogenated alkanes) is 39. The van der Waals surface area contributed by atoms with Crippen LogP contribution in [0.25, 0.3) is 0 Å². The molecule has 0 heterocycles. The second-order valence-electron chi connectivity index (χ2n) is 29.4. The van der Waals surface area contributed by atoms with E-state index in [1.165, 1.54) is 186 Å². The average molecular weight is 1410 g/mol. The van der Waals surface area contributed by atoms with Crippen molar-refractivity contribution in [2.24, 2.45) is 23.7 Å². The van der Waals surface area contributed by atoms with Gasteiger partial charge < -0.3 is 33.8 Å². The molecular weight excluding hydrogens is 1260 g/mol. The minimum Gasteiger partial charge on any atom is -0.462 e. The number of rotatable bonds is 74. The molecule has 0 fully saturated rings. The molecule has 19 heteroatoms. The first-order chi connectivity index (χ1) is 46.1. The summed E-state index contributed by atoms with van der Waals surface area (Å²) >= 11 is 0. The molecule has 0 amide bonds. The molecule has 570 valence electrons. The Morgan fingerprint density at radius 3 is 0.740 bits per heavy atom. The van der Waals surface area contributed by atoms with Crippen molar-refractivity contribution in [1.82, 2.24) is 0 Å². The van der Waals surface area contributed by atoms with Crippen LogP contribution in [-0.2, 0) is 65.4 Å². The zero-order valence-corrected chi connectivity index (χ0v) is 64.8. The standard InChI is InChI=1S/C77H150O17P2/c1-9-70(8)56-48-40-35-36-42-50-58-75(80)88-64-73(94-77(82)60-52-44-34-28-22-21-25-31-39-47-55-69(6)7)66-92-96(85,86)90-62-71(78)61-89-95(83,84)91-65-72(63-87-74(79)57-49-41-32-26-19-16-15-18-24-30-38-46-54-68(4)5)93-76(81)59-51-43-33-27-20-14-12-10-11-13-17-23-29-37-45-53-67(2)3/h67-73,78H,9-66H2,1-8H3,(H,83,84)(H,85,86)/t70?,71-,72-,73-/m1/s1. The van der Waals surface area contributed by atoms with E-state index in [4.69, 9.17) is 37.0 Å². The van der Waals surface area contributed by atoms with Crippen molar-refractivity contribution in [3.8, 4) is 0 Å². The lowest BCUT2D eigenvalue weighted by Crippen LogP contribution is -2.30. The molecule has 0 aliphatic rings. The number of phosphoric ester groups is 2. The number of carbonyl (C=O) groups excluding carboxylic acids is 4. The van der Waals surface area contributed by atoms with Crippen LogP contribution in [0.5, 0.6) is 0 Å². The molecule has 0 aromatic rings. The van der Waals surface area contributed by atoms with Gasteiger partial charge in [-0.25, -0.2) is 9.13 Å². The highest BCUT2D eigenvalue weighted by molar-refractivity contribution is 7.47. The van der Waals surface area contributed by atoms with Crippen LogP contribution in [-0.4, -0.2) is 96.7 Å². The third-order valence-corrected chi connectivity index (χ3v) is 20.1. The summed E-state index contributed by atoms with van der Waals surface area (Å²) in [5.41, 5.74) is 0. The number of aliphatic hydroxyl groups is 1. The number of esters is 4. The van der Waals surface area contributed by atoms with Crippen molar-refractivity contribution < 1.29 is 80.2 Å². The van der Waals surface area contributed by atoms with Gasteiger partial charge in [-0.05, 0) is 49.4 Å². The Hall–Kier alpha value is -1.94. The summed E-state index contributed by atoms with van der Waals surface area (Å²) in [6, 6.07) is 0. The van der Waals surface area contributed by atoms with Gasteiger partial charge in [0.1, 0.15) is 19.3 Å². The van der Waals surface area contributed by atoms with Gasteiger partial charge in [-0.15, -0.1) is 0 Å². The summed E-state index contributed by atoms with van der Waals surface area (Å²) < 4.78 is 68.6. The van der Waals surface area contributed by atoms with E-state index in [0.29, 0.717) is 25.7 Å². The summed E-state index contributed by atoms with van der Waals surface area (Å²) in [5, 5.41) is 10.6. The largest absolute Gasteiger partial charge is 0.472 e. The van der Waals surface area contributed by atoms with E-state index in [1.807, 2.05) is 0 Å². The number of aliphatic hydroxyl groups excluding tert-OH is 1. The quantitative estimate of drug-likeness (QED) is 0.0222. The normalized spacial score (nSPS) is 14.4. The lowest BCUT2D eigenvalue weighted by molar-refractivity contribution is -0.161. The van der Waals surface area contributed by atoms with Crippen LogP contribution >= 0.6 is 15.6 Å². The molecule has 3 N–H and O–H groups in total. The molecule has 0 radical (unpaired) electrons. The van der Waals surface area contributed by atoms with Crippen LogP contribution in [0.4, 0.5) is 0 Å². The minimum absolute atomic E-state index is 0.105. The lowest BCUT2D eigenvalue weighted by Gasteiger charge is -2.21. The van der Waals surface area contributed by atoms with E-state index in [-0.39, 0.29) is 25.7 Å². The predicted octanol–water partition coefficient (Wildman–Crippen LogP) is 22.4. The fourth-order valence-corrected chi connectivity index (χ4v) is 13.3. The summed E-state index contributed by atoms with van der Waals surface area (Å²) in [7, 11) is -9.92. The van der Waals surface area contributed by atoms with Crippen molar-refractivity contribution in [3.05, 3.63) is 0 Å². The smallest absolute Gasteiger partial charge is 0.462 e. The number of phosphoric acid groups is 2. The molecule has 96 heavy (non-hydrogen) atoms. The van der Waals surface area contributed by atoms with Gasteiger partial charge in [-0.2, -0.15) is 0 Å². The maximum Gasteiger partial charge on any atom is 0.472 e. The van der Waals surface area contributed by atoms with E-state index in [2.05, 4.69) is 55.4 Å². The molecule has 6 atom stereocenters. The highest BCUT2D eigenvalue weighted by Gasteiger charge is 2.30. The van der Waals surface area contributed by atoms with Gasteiger partial charge in [-0.3, -0.25) is 37.3 Å². The molecule has 3 unspecified atom stereocenters. The van der Waals surface area contributed by atoms with Crippen molar-refractivity contribution >= 4 is 39.5 Å². The second-order valence-corrected chi connectivity index (χ2v) is 32.3. The number of hydrogen-bond donors (Lipinski definition) is 3. The molecule has 0 spiro atoms. The number of hydrogen-bond acceptors (Lipinski definition) is 15. The highest BCUT2D eigenvalue weighted by Crippen LogP contribution is 2.45. The van der Waals surface area contributed by atoms with Gasteiger partial charge in [0, 0.05) is 25.7 Å². The van der Waals surface area contributed by atoms with E-state index in [1.54, 1.807) is 0 Å². The fraction of sp³-hybridized carbons (Fsp3) is 0.948. The van der Waals surface area contributed by atoms with Gasteiger partial charge in [0.15, 0.2) is 12.2 Å². The van der Waals surface area contributed by atoms with Gasteiger partial charge >= 0.3 is 39.5 Å². The summed E-state index contributed by atoms with van der Waals surface area (Å²) in [4.78, 5) is 72.9. The van der Waals surface area contributed by atoms with Gasteiger partial charge in [0.2, 0.25) is 0 Å². The lowest BCUT2D eigenvalue weighted by atomic mass is 10.00. The van der Waals surface area contributed by atoms with Crippen molar-refractivity contribution in [3.63, 3.8) is 0 Å². The maximum atomic E-state index is 13.1. The molecule has 0 saturated heterocycles. The zero-order chi connectivity index (χ0) is 71.0. The van der Waals surface area contributed by atoms with E-state index >= 15 is 0 Å². The number of ether oxygens (including phenoxy) is 4. The van der Waals surface area contributed by atoms with Gasteiger partial charge in [0.25, 0.3) is 0 Å². The molecule has 17 nitrogen and oxygen atoms in total. The SMILES string of the molecule is CCC(C)CCCCCCCCC(=O)OC[C@H](COP(=O)(O)OC[C@H](O)COP(=O)(O)OC[C@@H](COC(=O)CCCCCCCCCCCCCCC(C)C)OC(=O)CCCCCCCCCCCCCCCCCC(C)C)OC(=O)CCCCCCCCCCCCC(C)C. The molecular formula is C77H150O17P2. The van der Waals surface area contributed by atoms with Crippen LogP contribution in [0.2, 0.25) is 0 Å². The van der Waals surface area contributed by atoms with Gasteiger partial charge in [0.05, 0.1) is 26.4 Å². The summed E-state index contributed by atoms with van der Waals surface area (Å²) in [6.07, 6.45) is 51.3. The summed E-state index contributed by atoms with van der Waals surface area (Å²) in [6.45, 7) is 14.2. The maximum absolute atomic E-state index is 13.1. The third kappa shape index (κ3) is 69.2. The molecule has 0 bridgehead atoms. The molecule has 0 saturated carbocycles. The molecule has 0 aromatic heterocycles. The van der Waals surface area contributed by atoms with Gasteiger partial charge in [-0.1, -0.05) is 338 Å². The van der Waals surface area contributed by atoms with Crippen LogP contribution in [0.1, 0.15) is 389 Å². The summed E-state index contributed by atoms with van der Waals surface area (Å²) in [5.74, 6) is 0.947. The first-order valence-electron chi connectivity index (χ1n) is 39.7. The van der Waals surface area contributed by atoms with E-state index in [9.17, 15) is 43.2 Å². The van der Waals surface area contributed by atoms with Crippen LogP contribution in [0.15, 0.2) is 0 Å². The average Bonchev–Trinajstić information content (AvgIpc) is 1.30. The molecule has 0 rings (SSSR count). The minimum atomic E-state index is -4.96. The fourth-order valence-electron chi connectivity index (χ4n) is 11.7. The Morgan fingerprint density at radius 1 is 0.292 bits per heavy atom. The second kappa shape index (κ2) is 66.3. The van der Waals surface area contributed by atoms with Crippen LogP contribution < -0.4 is 0 Å². The zero-order valence-electron chi connectivity index (χ0n) is 63.0. The van der Waals surface area contributed by atoms with Crippen molar-refractivity contribution in [1.29, 1.82) is 0 Å². The Balaban J connectivity index is 5.25. The van der Waals surface area contributed by atoms with Crippen LogP contribution in [0.3, 0.4) is 0 Å². The topological polar surface area (TPSA) is 237 Å². The van der Waals surface area contributed by atoms with Crippen molar-refractivity contribution in [2.45, 2.75) is 408 Å². The first-order valence-corrected chi connectivity index (χ1v) is 42.7. The van der Waals surface area contributed by atoms with E-state index < -0.39 is 97.5 Å². The Morgan fingerprint density at radius 2 is 0.500 bits per heavy atom. The Bertz CT molecular complexity index is 1890. The predicted molar refractivity (Wildman–Crippen MR) is 391 cm³/mol.